The van der Waals surface area contributed by atoms with Crippen LogP contribution in [0.5, 0.6) is 11.5 Å². The highest BCUT2D eigenvalue weighted by Crippen LogP contribution is 2.44. The molecule has 2 unspecified atom stereocenters. The number of methoxy groups -OCH3 is 2. The number of halogens is 3. The van der Waals surface area contributed by atoms with Gasteiger partial charge in [-0.3, -0.25) is 4.99 Å². The van der Waals surface area contributed by atoms with Gasteiger partial charge in [-0.05, 0) is 17.2 Å². The molecular formula is C26H23F3N2O4. The molecule has 4 rings (SSSR count). The third kappa shape index (κ3) is 5.08. The van der Waals surface area contributed by atoms with Gasteiger partial charge in [0.15, 0.2) is 11.5 Å². The molecule has 0 bridgehead atoms. The fraction of sp³-hybridized carbons (Fsp3) is 0.231. The number of hydroxylamine groups is 2. The van der Waals surface area contributed by atoms with Crippen LogP contribution < -0.4 is 9.47 Å². The summed E-state index contributed by atoms with van der Waals surface area (Å²) < 4.78 is 50.6. The molecule has 0 aliphatic carbocycles. The first-order valence-corrected chi connectivity index (χ1v) is 10.8. The predicted molar refractivity (Wildman–Crippen MR) is 123 cm³/mol. The molecule has 0 amide bonds. The Balaban J connectivity index is 1.82. The van der Waals surface area contributed by atoms with Crippen LogP contribution in [0.4, 0.5) is 13.2 Å². The van der Waals surface area contributed by atoms with E-state index in [9.17, 15) is 18.0 Å². The molecule has 0 saturated heterocycles. The fourth-order valence-corrected chi connectivity index (χ4v) is 4.09. The summed E-state index contributed by atoms with van der Waals surface area (Å²) in [5.74, 6) is -1.30. The minimum Gasteiger partial charge on any atom is -0.493 e. The first-order chi connectivity index (χ1) is 16.8. The molecule has 1 aliphatic rings. The van der Waals surface area contributed by atoms with Crippen molar-refractivity contribution in [1.29, 1.82) is 0 Å². The van der Waals surface area contributed by atoms with Crippen LogP contribution in [-0.4, -0.2) is 37.3 Å². The molecule has 1 aliphatic heterocycles. The maximum absolute atomic E-state index is 13.2. The zero-order valence-electron chi connectivity index (χ0n) is 19.0. The molecule has 2 atom stereocenters. The Kier molecular flexibility index (Phi) is 6.95. The van der Waals surface area contributed by atoms with Crippen LogP contribution in [0.15, 0.2) is 83.9 Å². The topological polar surface area (TPSA) is 60.4 Å². The van der Waals surface area contributed by atoms with Crippen molar-refractivity contribution < 1.29 is 32.3 Å². The molecular weight excluding hydrogens is 461 g/mol. The molecule has 0 fully saturated rings. The number of amidine groups is 1. The van der Waals surface area contributed by atoms with E-state index in [1.807, 2.05) is 30.3 Å². The average Bonchev–Trinajstić information content (AvgIpc) is 3.22. The summed E-state index contributed by atoms with van der Waals surface area (Å²) in [6, 6.07) is 21.8. The first-order valence-electron chi connectivity index (χ1n) is 10.8. The minimum atomic E-state index is -5.18. The Hall–Kier alpha value is -4.01. The standard InChI is InChI=1S/C26H23F3N2O4/c1-33-20-15-9-14-19(24(20)34-2)16-21-30-22(17-10-5-3-6-11-17)23(18-12-7-4-8-13-18)31(21)35-25(32)26(27,28)29/h3-15,22-23H,16H2,1-2H3. The highest BCUT2D eigenvalue weighted by molar-refractivity contribution is 5.89. The number of benzene rings is 3. The molecule has 9 heteroatoms. The Morgan fingerprint density at radius 3 is 2.09 bits per heavy atom. The van der Waals surface area contributed by atoms with Crippen molar-refractivity contribution in [2.45, 2.75) is 24.7 Å². The third-order valence-corrected chi connectivity index (χ3v) is 5.62. The van der Waals surface area contributed by atoms with Crippen molar-refractivity contribution in [2.24, 2.45) is 4.99 Å². The van der Waals surface area contributed by atoms with Crippen LogP contribution >= 0.6 is 0 Å². The van der Waals surface area contributed by atoms with Crippen LogP contribution in [-0.2, 0) is 16.1 Å². The summed E-state index contributed by atoms with van der Waals surface area (Å²) in [5, 5.41) is 0.974. The second-order valence-electron chi connectivity index (χ2n) is 7.79. The van der Waals surface area contributed by atoms with Gasteiger partial charge in [0, 0.05) is 12.0 Å². The number of alkyl halides is 3. The van der Waals surface area contributed by atoms with E-state index in [0.717, 1.165) is 10.6 Å². The van der Waals surface area contributed by atoms with Gasteiger partial charge in [0.2, 0.25) is 0 Å². The summed E-state index contributed by atoms with van der Waals surface area (Å²) in [7, 11) is 2.96. The maximum atomic E-state index is 13.2. The second kappa shape index (κ2) is 10.1. The first kappa shape index (κ1) is 24.1. The maximum Gasteiger partial charge on any atom is 0.493 e. The molecule has 3 aromatic carbocycles. The Bertz CT molecular complexity index is 1200. The van der Waals surface area contributed by atoms with E-state index in [1.54, 1.807) is 48.5 Å². The SMILES string of the molecule is COc1cccc(CC2=NC(c3ccccc3)C(c3ccccc3)N2OC(=O)C(F)(F)F)c1OC. The molecule has 0 aromatic heterocycles. The highest BCUT2D eigenvalue weighted by Gasteiger charge is 2.47. The van der Waals surface area contributed by atoms with E-state index in [-0.39, 0.29) is 12.3 Å². The van der Waals surface area contributed by atoms with Crippen molar-refractivity contribution in [3.63, 3.8) is 0 Å². The average molecular weight is 484 g/mol. The monoisotopic (exact) mass is 484 g/mol. The molecule has 6 nitrogen and oxygen atoms in total. The van der Waals surface area contributed by atoms with Gasteiger partial charge in [-0.15, -0.1) is 0 Å². The molecule has 0 radical (unpaired) electrons. The lowest BCUT2D eigenvalue weighted by Crippen LogP contribution is -2.39. The Labute approximate surface area is 200 Å². The molecule has 0 spiro atoms. The number of rotatable bonds is 7. The van der Waals surface area contributed by atoms with E-state index in [0.29, 0.717) is 22.6 Å². The number of carbonyl (C=O) groups excluding carboxylic acids is 1. The smallest absolute Gasteiger partial charge is 0.493 e. The minimum absolute atomic E-state index is 0.0399. The number of hydrogen-bond acceptors (Lipinski definition) is 6. The number of nitrogens with zero attached hydrogens (tertiary/aromatic N) is 2. The van der Waals surface area contributed by atoms with Crippen LogP contribution in [0.25, 0.3) is 0 Å². The van der Waals surface area contributed by atoms with Gasteiger partial charge >= 0.3 is 12.1 Å². The quantitative estimate of drug-likeness (QED) is 0.446. The second-order valence-corrected chi connectivity index (χ2v) is 7.79. The van der Waals surface area contributed by atoms with Crippen molar-refractivity contribution in [3.05, 3.63) is 95.6 Å². The normalized spacial score (nSPS) is 17.6. The largest absolute Gasteiger partial charge is 0.493 e. The van der Waals surface area contributed by atoms with Gasteiger partial charge in [-0.2, -0.15) is 18.2 Å². The van der Waals surface area contributed by atoms with Gasteiger partial charge in [-0.1, -0.05) is 72.8 Å². The fourth-order valence-electron chi connectivity index (χ4n) is 4.09. The van der Waals surface area contributed by atoms with Gasteiger partial charge in [0.25, 0.3) is 0 Å². The van der Waals surface area contributed by atoms with Crippen LogP contribution in [0, 0.1) is 0 Å². The summed E-state index contributed by atoms with van der Waals surface area (Å²) in [5.41, 5.74) is 2.02. The van der Waals surface area contributed by atoms with E-state index >= 15 is 0 Å². The van der Waals surface area contributed by atoms with Crippen molar-refractivity contribution in [1.82, 2.24) is 5.06 Å². The van der Waals surface area contributed by atoms with Crippen molar-refractivity contribution >= 4 is 11.8 Å². The molecule has 35 heavy (non-hydrogen) atoms. The molecule has 182 valence electrons. The Morgan fingerprint density at radius 2 is 1.51 bits per heavy atom. The predicted octanol–water partition coefficient (Wildman–Crippen LogP) is 5.46. The lowest BCUT2D eigenvalue weighted by molar-refractivity contribution is -0.230. The molecule has 0 saturated carbocycles. The lowest BCUT2D eigenvalue weighted by atomic mass is 9.94. The van der Waals surface area contributed by atoms with E-state index in [1.165, 1.54) is 14.2 Å². The summed E-state index contributed by atoms with van der Waals surface area (Å²) in [6.07, 6.45) is -5.14. The van der Waals surface area contributed by atoms with Gasteiger partial charge in [0.05, 0.1) is 14.2 Å². The van der Waals surface area contributed by atoms with Gasteiger partial charge in [-0.25, -0.2) is 4.79 Å². The van der Waals surface area contributed by atoms with Crippen LogP contribution in [0.3, 0.4) is 0 Å². The van der Waals surface area contributed by atoms with E-state index in [4.69, 9.17) is 19.3 Å². The summed E-state index contributed by atoms with van der Waals surface area (Å²) >= 11 is 0. The summed E-state index contributed by atoms with van der Waals surface area (Å²) in [6.45, 7) is 0. The number of para-hydroxylation sites is 1. The molecule has 3 aromatic rings. The lowest BCUT2D eigenvalue weighted by Gasteiger charge is -2.29. The number of carbonyl (C=O) groups is 1. The number of aliphatic imine (C=N–C) groups is 1. The number of hydrogen-bond donors (Lipinski definition) is 0. The van der Waals surface area contributed by atoms with Crippen molar-refractivity contribution in [2.75, 3.05) is 14.2 Å². The Morgan fingerprint density at radius 1 is 0.886 bits per heavy atom. The van der Waals surface area contributed by atoms with Gasteiger partial charge < -0.3 is 14.3 Å². The highest BCUT2D eigenvalue weighted by atomic mass is 19.4. The van der Waals surface area contributed by atoms with Crippen LogP contribution in [0.1, 0.15) is 28.8 Å². The number of ether oxygens (including phenoxy) is 2. The van der Waals surface area contributed by atoms with E-state index in [2.05, 4.69) is 0 Å². The van der Waals surface area contributed by atoms with Gasteiger partial charge in [0.1, 0.15) is 17.9 Å². The van der Waals surface area contributed by atoms with Crippen molar-refractivity contribution in [3.8, 4) is 11.5 Å². The third-order valence-electron chi connectivity index (χ3n) is 5.62. The van der Waals surface area contributed by atoms with E-state index < -0.39 is 24.2 Å². The zero-order valence-corrected chi connectivity index (χ0v) is 19.0. The summed E-state index contributed by atoms with van der Waals surface area (Å²) in [4.78, 5) is 21.7. The molecule has 1 heterocycles. The zero-order chi connectivity index (χ0) is 25.0. The molecule has 0 N–H and O–H groups in total. The van der Waals surface area contributed by atoms with Crippen LogP contribution in [0.2, 0.25) is 0 Å².